The molecule has 1 saturated heterocycles. The summed E-state index contributed by atoms with van der Waals surface area (Å²) in [6, 6.07) is -0.213. The van der Waals surface area contributed by atoms with Gasteiger partial charge in [0.1, 0.15) is 17.2 Å². The SMILES string of the molecule is CN=C(NCc1nnc(C)n1C)NCC1C(C)OC(C)(C)N1C(=O)OC(C)(C)C. The van der Waals surface area contributed by atoms with Gasteiger partial charge in [0.05, 0.1) is 18.7 Å². The van der Waals surface area contributed by atoms with Gasteiger partial charge in [-0.25, -0.2) is 4.79 Å². The molecule has 2 unspecified atom stereocenters. The maximum absolute atomic E-state index is 12.8. The van der Waals surface area contributed by atoms with Gasteiger partial charge in [-0.1, -0.05) is 0 Å². The van der Waals surface area contributed by atoms with Gasteiger partial charge in [0.25, 0.3) is 0 Å². The number of amides is 1. The number of carbonyl (C=O) groups is 1. The first-order chi connectivity index (χ1) is 13.4. The van der Waals surface area contributed by atoms with Gasteiger partial charge >= 0.3 is 6.09 Å². The first-order valence-electron chi connectivity index (χ1n) is 9.85. The van der Waals surface area contributed by atoms with Crippen molar-refractivity contribution < 1.29 is 14.3 Å². The zero-order valence-corrected chi connectivity index (χ0v) is 19.0. The van der Waals surface area contributed by atoms with Crippen LogP contribution in [0.5, 0.6) is 0 Å². The number of hydrogen-bond donors (Lipinski definition) is 2. The zero-order chi connectivity index (χ0) is 22.0. The average molecular weight is 410 g/mol. The first kappa shape index (κ1) is 22.9. The highest BCUT2D eigenvalue weighted by atomic mass is 16.6. The molecule has 0 bridgehead atoms. The van der Waals surface area contributed by atoms with Crippen LogP contribution in [0.1, 0.15) is 53.2 Å². The van der Waals surface area contributed by atoms with E-state index < -0.39 is 17.4 Å². The molecule has 164 valence electrons. The Kier molecular flexibility index (Phi) is 6.77. The fourth-order valence-corrected chi connectivity index (χ4v) is 3.31. The van der Waals surface area contributed by atoms with Gasteiger partial charge in [-0.15, -0.1) is 10.2 Å². The van der Waals surface area contributed by atoms with Crippen LogP contribution >= 0.6 is 0 Å². The van der Waals surface area contributed by atoms with Crippen LogP contribution in [0.15, 0.2) is 4.99 Å². The Labute approximate surface area is 173 Å². The maximum atomic E-state index is 12.8. The van der Waals surface area contributed by atoms with Gasteiger partial charge in [0, 0.05) is 20.6 Å². The van der Waals surface area contributed by atoms with Gasteiger partial charge in [-0.3, -0.25) is 9.89 Å². The van der Waals surface area contributed by atoms with E-state index >= 15 is 0 Å². The van der Waals surface area contributed by atoms with Crippen LogP contribution in [-0.2, 0) is 23.1 Å². The molecular weight excluding hydrogens is 374 g/mol. The summed E-state index contributed by atoms with van der Waals surface area (Å²) in [6.45, 7) is 14.1. The number of guanidine groups is 1. The summed E-state index contributed by atoms with van der Waals surface area (Å²) in [5.41, 5.74) is -1.34. The van der Waals surface area contributed by atoms with Crippen molar-refractivity contribution in [1.29, 1.82) is 0 Å². The third kappa shape index (κ3) is 5.59. The summed E-state index contributed by atoms with van der Waals surface area (Å²) in [5, 5.41) is 14.7. The van der Waals surface area contributed by atoms with Gasteiger partial charge < -0.3 is 24.7 Å². The van der Waals surface area contributed by atoms with E-state index in [4.69, 9.17) is 9.47 Å². The molecule has 0 radical (unpaired) electrons. The van der Waals surface area contributed by atoms with Crippen LogP contribution in [0, 0.1) is 6.92 Å². The minimum Gasteiger partial charge on any atom is -0.444 e. The summed E-state index contributed by atoms with van der Waals surface area (Å²) in [4.78, 5) is 18.7. The van der Waals surface area contributed by atoms with Crippen LogP contribution in [0.25, 0.3) is 0 Å². The topological polar surface area (TPSA) is 106 Å². The number of hydrogen-bond acceptors (Lipinski definition) is 6. The number of carbonyl (C=O) groups excluding carboxylic acids is 1. The van der Waals surface area contributed by atoms with Crippen molar-refractivity contribution >= 4 is 12.1 Å². The number of ether oxygens (including phenoxy) is 2. The normalized spacial score (nSPS) is 22.0. The van der Waals surface area contributed by atoms with E-state index in [9.17, 15) is 4.79 Å². The molecule has 0 saturated carbocycles. The number of nitrogens with one attached hydrogen (secondary N) is 2. The molecular formula is C19H35N7O3. The summed E-state index contributed by atoms with van der Waals surface area (Å²) in [5.74, 6) is 2.25. The highest BCUT2D eigenvalue weighted by Crippen LogP contribution is 2.33. The number of aromatic nitrogens is 3. The summed E-state index contributed by atoms with van der Waals surface area (Å²) in [7, 11) is 3.61. The van der Waals surface area contributed by atoms with E-state index in [1.54, 1.807) is 11.9 Å². The highest BCUT2D eigenvalue weighted by Gasteiger charge is 2.49. The first-order valence-corrected chi connectivity index (χ1v) is 9.85. The Bertz CT molecular complexity index is 751. The number of rotatable bonds is 4. The van der Waals surface area contributed by atoms with E-state index in [0.29, 0.717) is 19.0 Å². The molecule has 29 heavy (non-hydrogen) atoms. The molecule has 0 spiro atoms. The molecule has 1 aliphatic heterocycles. The number of aryl methyl sites for hydroxylation is 1. The molecule has 2 N–H and O–H groups in total. The van der Waals surface area contributed by atoms with Crippen LogP contribution in [0.3, 0.4) is 0 Å². The smallest absolute Gasteiger partial charge is 0.412 e. The zero-order valence-electron chi connectivity index (χ0n) is 19.0. The monoisotopic (exact) mass is 409 g/mol. The second-order valence-electron chi connectivity index (χ2n) is 8.72. The molecule has 0 aromatic carbocycles. The minimum atomic E-state index is -0.763. The Balaban J connectivity index is 2.03. The molecule has 10 nitrogen and oxygen atoms in total. The lowest BCUT2D eigenvalue weighted by Gasteiger charge is -2.35. The number of nitrogens with zero attached hydrogens (tertiary/aromatic N) is 5. The second-order valence-corrected chi connectivity index (χ2v) is 8.72. The summed E-state index contributed by atoms with van der Waals surface area (Å²) < 4.78 is 13.5. The molecule has 2 heterocycles. The number of aliphatic imine (C=N–C) groups is 1. The Morgan fingerprint density at radius 3 is 2.48 bits per heavy atom. The Hall–Kier alpha value is -2.36. The summed E-state index contributed by atoms with van der Waals surface area (Å²) >= 11 is 0. The molecule has 0 aliphatic carbocycles. The third-order valence-electron chi connectivity index (χ3n) is 4.82. The maximum Gasteiger partial charge on any atom is 0.412 e. The second kappa shape index (κ2) is 8.56. The minimum absolute atomic E-state index is 0.162. The highest BCUT2D eigenvalue weighted by molar-refractivity contribution is 5.79. The van der Waals surface area contributed by atoms with Crippen LogP contribution in [-0.4, -0.2) is 68.8 Å². The Morgan fingerprint density at radius 2 is 1.97 bits per heavy atom. The molecule has 1 aliphatic rings. The third-order valence-corrected chi connectivity index (χ3v) is 4.82. The van der Waals surface area contributed by atoms with Gasteiger partial charge in [0.2, 0.25) is 0 Å². The molecule has 2 atom stereocenters. The van der Waals surface area contributed by atoms with E-state index in [1.807, 2.05) is 60.1 Å². The predicted molar refractivity (Wildman–Crippen MR) is 110 cm³/mol. The predicted octanol–water partition coefficient (Wildman–Crippen LogP) is 1.55. The molecule has 10 heteroatoms. The molecule has 2 rings (SSSR count). The largest absolute Gasteiger partial charge is 0.444 e. The van der Waals surface area contributed by atoms with Crippen LogP contribution in [0.4, 0.5) is 4.79 Å². The van der Waals surface area contributed by atoms with E-state index in [1.165, 1.54) is 0 Å². The van der Waals surface area contributed by atoms with Crippen molar-refractivity contribution in [2.24, 2.45) is 12.0 Å². The van der Waals surface area contributed by atoms with Crippen molar-refractivity contribution in [1.82, 2.24) is 30.3 Å². The molecule has 1 aromatic rings. The van der Waals surface area contributed by atoms with Crippen molar-refractivity contribution in [2.75, 3.05) is 13.6 Å². The lowest BCUT2D eigenvalue weighted by atomic mass is 10.1. The van der Waals surface area contributed by atoms with Gasteiger partial charge in [-0.05, 0) is 48.5 Å². The van der Waals surface area contributed by atoms with E-state index in [2.05, 4.69) is 25.8 Å². The molecule has 1 fully saturated rings. The molecule has 1 amide bonds. The van der Waals surface area contributed by atoms with Crippen molar-refractivity contribution in [3.05, 3.63) is 11.6 Å². The van der Waals surface area contributed by atoms with Crippen LogP contribution in [0.2, 0.25) is 0 Å². The summed E-state index contributed by atoms with van der Waals surface area (Å²) in [6.07, 6.45) is -0.555. The van der Waals surface area contributed by atoms with E-state index in [0.717, 1.165) is 11.6 Å². The lowest BCUT2D eigenvalue weighted by Crippen LogP contribution is -2.54. The van der Waals surface area contributed by atoms with Gasteiger partial charge in [-0.2, -0.15) is 0 Å². The van der Waals surface area contributed by atoms with Gasteiger partial charge in [0.15, 0.2) is 11.8 Å². The standard InChI is InChI=1S/C19H35N7O3/c1-12-14(26(19(6,7)28-12)17(27)29-18(3,4)5)10-21-16(20-8)22-11-15-24-23-13(2)25(15)9/h12,14H,10-11H2,1-9H3,(H2,20,21,22). The fraction of sp³-hybridized carbons (Fsp3) is 0.789. The average Bonchev–Trinajstić information content (AvgIpc) is 3.02. The molecule has 1 aromatic heterocycles. The van der Waals surface area contributed by atoms with Crippen molar-refractivity contribution in [3.8, 4) is 0 Å². The Morgan fingerprint density at radius 1 is 1.31 bits per heavy atom. The van der Waals surface area contributed by atoms with E-state index in [-0.39, 0.29) is 12.1 Å². The fourth-order valence-electron chi connectivity index (χ4n) is 3.31. The lowest BCUT2D eigenvalue weighted by molar-refractivity contribution is -0.0755. The quantitative estimate of drug-likeness (QED) is 0.574. The van der Waals surface area contributed by atoms with Crippen molar-refractivity contribution in [3.63, 3.8) is 0 Å². The van der Waals surface area contributed by atoms with Crippen LogP contribution < -0.4 is 10.6 Å². The van der Waals surface area contributed by atoms with Crippen molar-refractivity contribution in [2.45, 2.75) is 78.5 Å².